The standard InChI is InChI=1S/C13H15N/c1-11-4-3-5-13(8-11)10-14-7-6-12(2)9-14/h3-9H,10H2,1-2H3. The fraction of sp³-hybridized carbons (Fsp3) is 0.231. The number of aryl methyl sites for hydroxylation is 2. The second-order valence-electron chi connectivity index (χ2n) is 3.85. The van der Waals surface area contributed by atoms with E-state index >= 15 is 0 Å². The first-order valence-corrected chi connectivity index (χ1v) is 4.92. The van der Waals surface area contributed by atoms with Gasteiger partial charge in [-0.25, -0.2) is 0 Å². The Labute approximate surface area is 85.0 Å². The van der Waals surface area contributed by atoms with Crippen molar-refractivity contribution in [3.05, 3.63) is 59.4 Å². The number of hydrogen-bond donors (Lipinski definition) is 0. The van der Waals surface area contributed by atoms with Crippen LogP contribution >= 0.6 is 0 Å². The molecule has 0 bridgehead atoms. The Morgan fingerprint density at radius 2 is 1.93 bits per heavy atom. The molecule has 0 fully saturated rings. The van der Waals surface area contributed by atoms with Crippen molar-refractivity contribution in [2.75, 3.05) is 0 Å². The van der Waals surface area contributed by atoms with Crippen molar-refractivity contribution in [3.63, 3.8) is 0 Å². The van der Waals surface area contributed by atoms with Gasteiger partial charge in [-0.15, -0.1) is 0 Å². The molecule has 1 aromatic heterocycles. The topological polar surface area (TPSA) is 4.93 Å². The first-order valence-electron chi connectivity index (χ1n) is 4.92. The fourth-order valence-electron chi connectivity index (χ4n) is 1.68. The molecule has 0 aliphatic carbocycles. The lowest BCUT2D eigenvalue weighted by molar-refractivity contribution is 0.803. The zero-order chi connectivity index (χ0) is 9.97. The summed E-state index contributed by atoms with van der Waals surface area (Å²) in [5.41, 5.74) is 4.00. The third-order valence-electron chi connectivity index (χ3n) is 2.35. The summed E-state index contributed by atoms with van der Waals surface area (Å²) in [4.78, 5) is 0. The molecule has 0 atom stereocenters. The average Bonchev–Trinajstić information content (AvgIpc) is 2.51. The molecule has 72 valence electrons. The van der Waals surface area contributed by atoms with Crippen molar-refractivity contribution in [1.82, 2.24) is 4.57 Å². The molecule has 0 amide bonds. The van der Waals surface area contributed by atoms with Crippen LogP contribution < -0.4 is 0 Å². The highest BCUT2D eigenvalue weighted by atomic mass is 14.9. The summed E-state index contributed by atoms with van der Waals surface area (Å²) in [6.07, 6.45) is 4.29. The molecular formula is C13H15N. The van der Waals surface area contributed by atoms with Gasteiger partial charge < -0.3 is 4.57 Å². The Balaban J connectivity index is 2.18. The van der Waals surface area contributed by atoms with E-state index in [0.29, 0.717) is 0 Å². The van der Waals surface area contributed by atoms with Gasteiger partial charge >= 0.3 is 0 Å². The summed E-state index contributed by atoms with van der Waals surface area (Å²) < 4.78 is 2.21. The van der Waals surface area contributed by atoms with E-state index in [4.69, 9.17) is 0 Å². The van der Waals surface area contributed by atoms with Gasteiger partial charge in [-0.2, -0.15) is 0 Å². The van der Waals surface area contributed by atoms with Gasteiger partial charge in [0.1, 0.15) is 0 Å². The maximum Gasteiger partial charge on any atom is 0.0470 e. The lowest BCUT2D eigenvalue weighted by Gasteiger charge is -2.03. The van der Waals surface area contributed by atoms with Crippen molar-refractivity contribution < 1.29 is 0 Å². The number of benzene rings is 1. The maximum absolute atomic E-state index is 2.23. The second kappa shape index (κ2) is 3.70. The lowest BCUT2D eigenvalue weighted by Crippen LogP contribution is -1.96. The summed E-state index contributed by atoms with van der Waals surface area (Å²) in [5, 5.41) is 0. The molecule has 14 heavy (non-hydrogen) atoms. The van der Waals surface area contributed by atoms with Gasteiger partial charge in [0.2, 0.25) is 0 Å². The molecule has 0 unspecified atom stereocenters. The van der Waals surface area contributed by atoms with Crippen LogP contribution in [0.5, 0.6) is 0 Å². The number of nitrogens with zero attached hydrogens (tertiary/aromatic N) is 1. The normalized spacial score (nSPS) is 10.4. The summed E-state index contributed by atoms with van der Waals surface area (Å²) in [5.74, 6) is 0. The van der Waals surface area contributed by atoms with Crippen LogP contribution in [0.15, 0.2) is 42.7 Å². The van der Waals surface area contributed by atoms with Gasteiger partial charge in [0.05, 0.1) is 0 Å². The molecule has 0 N–H and O–H groups in total. The van der Waals surface area contributed by atoms with Gasteiger partial charge in [-0.05, 0) is 31.0 Å². The minimum Gasteiger partial charge on any atom is -0.350 e. The second-order valence-corrected chi connectivity index (χ2v) is 3.85. The molecule has 0 saturated heterocycles. The highest BCUT2D eigenvalue weighted by Gasteiger charge is 1.95. The van der Waals surface area contributed by atoms with Crippen molar-refractivity contribution >= 4 is 0 Å². The van der Waals surface area contributed by atoms with E-state index in [0.717, 1.165) is 6.54 Å². The molecule has 2 rings (SSSR count). The zero-order valence-corrected chi connectivity index (χ0v) is 8.70. The zero-order valence-electron chi connectivity index (χ0n) is 8.70. The van der Waals surface area contributed by atoms with Gasteiger partial charge in [-0.3, -0.25) is 0 Å². The van der Waals surface area contributed by atoms with Gasteiger partial charge in [0.15, 0.2) is 0 Å². The molecule has 0 spiro atoms. The van der Waals surface area contributed by atoms with E-state index in [1.54, 1.807) is 0 Å². The molecule has 0 radical (unpaired) electrons. The summed E-state index contributed by atoms with van der Waals surface area (Å²) in [6, 6.07) is 10.8. The predicted octanol–water partition coefficient (Wildman–Crippen LogP) is 3.15. The maximum atomic E-state index is 2.23. The van der Waals surface area contributed by atoms with Gasteiger partial charge in [0, 0.05) is 18.9 Å². The molecule has 1 heteroatoms. The van der Waals surface area contributed by atoms with Gasteiger partial charge in [-0.1, -0.05) is 29.8 Å². The number of hydrogen-bond acceptors (Lipinski definition) is 0. The first kappa shape index (κ1) is 9.07. The Hall–Kier alpha value is -1.50. The van der Waals surface area contributed by atoms with E-state index in [2.05, 4.69) is 61.1 Å². The van der Waals surface area contributed by atoms with E-state index in [-0.39, 0.29) is 0 Å². The van der Waals surface area contributed by atoms with E-state index < -0.39 is 0 Å². The van der Waals surface area contributed by atoms with Crippen LogP contribution in [0.1, 0.15) is 16.7 Å². The SMILES string of the molecule is Cc1cccc(Cn2ccc(C)c2)c1. The van der Waals surface area contributed by atoms with Crippen LogP contribution in [0, 0.1) is 13.8 Å². The molecule has 1 nitrogen and oxygen atoms in total. The molecule has 0 aliphatic heterocycles. The van der Waals surface area contributed by atoms with Crippen LogP contribution in [-0.2, 0) is 6.54 Å². The Morgan fingerprint density at radius 3 is 2.57 bits per heavy atom. The van der Waals surface area contributed by atoms with Crippen molar-refractivity contribution in [3.8, 4) is 0 Å². The van der Waals surface area contributed by atoms with Crippen molar-refractivity contribution in [2.24, 2.45) is 0 Å². The van der Waals surface area contributed by atoms with Crippen molar-refractivity contribution in [2.45, 2.75) is 20.4 Å². The number of rotatable bonds is 2. The molecule has 1 aromatic carbocycles. The summed E-state index contributed by atoms with van der Waals surface area (Å²) in [6.45, 7) is 5.21. The highest BCUT2D eigenvalue weighted by Crippen LogP contribution is 2.07. The highest BCUT2D eigenvalue weighted by molar-refractivity contribution is 5.23. The Kier molecular flexibility index (Phi) is 2.40. The third-order valence-corrected chi connectivity index (χ3v) is 2.35. The minimum atomic E-state index is 0.968. The van der Waals surface area contributed by atoms with Crippen LogP contribution in [0.2, 0.25) is 0 Å². The van der Waals surface area contributed by atoms with Crippen LogP contribution in [0.25, 0.3) is 0 Å². The van der Waals surface area contributed by atoms with E-state index in [1.807, 2.05) is 0 Å². The van der Waals surface area contributed by atoms with Gasteiger partial charge in [0.25, 0.3) is 0 Å². The molecular weight excluding hydrogens is 170 g/mol. The smallest absolute Gasteiger partial charge is 0.0470 e. The minimum absolute atomic E-state index is 0.968. The monoisotopic (exact) mass is 185 g/mol. The molecule has 0 aliphatic rings. The quantitative estimate of drug-likeness (QED) is 0.677. The summed E-state index contributed by atoms with van der Waals surface area (Å²) >= 11 is 0. The van der Waals surface area contributed by atoms with E-state index in [9.17, 15) is 0 Å². The average molecular weight is 185 g/mol. The first-order chi connectivity index (χ1) is 6.74. The molecule has 0 saturated carbocycles. The predicted molar refractivity (Wildman–Crippen MR) is 59.5 cm³/mol. The Bertz CT molecular complexity index is 426. The third kappa shape index (κ3) is 2.05. The van der Waals surface area contributed by atoms with Crippen molar-refractivity contribution in [1.29, 1.82) is 0 Å². The number of aromatic nitrogens is 1. The Morgan fingerprint density at radius 1 is 1.07 bits per heavy atom. The van der Waals surface area contributed by atoms with E-state index in [1.165, 1.54) is 16.7 Å². The summed E-state index contributed by atoms with van der Waals surface area (Å²) in [7, 11) is 0. The van der Waals surface area contributed by atoms with Crippen LogP contribution in [0.3, 0.4) is 0 Å². The fourth-order valence-corrected chi connectivity index (χ4v) is 1.68. The van der Waals surface area contributed by atoms with Crippen LogP contribution in [-0.4, -0.2) is 4.57 Å². The van der Waals surface area contributed by atoms with Crippen LogP contribution in [0.4, 0.5) is 0 Å². The molecule has 1 heterocycles. The molecule has 2 aromatic rings. The largest absolute Gasteiger partial charge is 0.350 e. The lowest BCUT2D eigenvalue weighted by atomic mass is 10.1.